The van der Waals surface area contributed by atoms with Crippen LogP contribution in [0.2, 0.25) is 4.34 Å². The van der Waals surface area contributed by atoms with Gasteiger partial charge in [0.05, 0.1) is 14.9 Å². The molecule has 9 heteroatoms. The molecule has 0 spiro atoms. The molecule has 0 saturated carbocycles. The third kappa shape index (κ3) is 3.86. The van der Waals surface area contributed by atoms with Crippen molar-refractivity contribution in [2.45, 2.75) is 6.42 Å². The molecule has 0 atom stereocenters. The third-order valence-electron chi connectivity index (χ3n) is 4.06. The third-order valence-corrected chi connectivity index (χ3v) is 5.31. The molecule has 140 valence electrons. The van der Waals surface area contributed by atoms with Crippen LogP contribution in [0.15, 0.2) is 42.1 Å². The number of halogens is 1. The number of hydrogen-bond donors (Lipinski definition) is 0. The Hall–Kier alpha value is -2.71. The van der Waals surface area contributed by atoms with Gasteiger partial charge in [-0.15, -0.1) is 11.3 Å². The van der Waals surface area contributed by atoms with E-state index in [9.17, 15) is 19.7 Å². The zero-order valence-electron chi connectivity index (χ0n) is 14.6. The van der Waals surface area contributed by atoms with E-state index in [2.05, 4.69) is 0 Å². The van der Waals surface area contributed by atoms with Gasteiger partial charge in [-0.3, -0.25) is 19.7 Å². The summed E-state index contributed by atoms with van der Waals surface area (Å²) in [6.45, 7) is 0.307. The van der Waals surface area contributed by atoms with Crippen LogP contribution in [-0.4, -0.2) is 42.2 Å². The fourth-order valence-electron chi connectivity index (χ4n) is 2.85. The molecule has 1 aromatic carbocycles. The van der Waals surface area contributed by atoms with Crippen LogP contribution in [0.1, 0.15) is 26.5 Å². The lowest BCUT2D eigenvalue weighted by Gasteiger charge is -2.20. The maximum atomic E-state index is 13.0. The van der Waals surface area contributed by atoms with Gasteiger partial charge in [0.1, 0.15) is 4.88 Å². The number of carbonyl (C=O) groups is 2. The van der Waals surface area contributed by atoms with E-state index in [-0.39, 0.29) is 17.4 Å². The monoisotopic (exact) mass is 405 g/mol. The number of nitro benzene ring substituents is 1. The molecule has 0 aliphatic carbocycles. The number of anilines is 1. The molecule has 27 heavy (non-hydrogen) atoms. The number of nitro groups is 1. The van der Waals surface area contributed by atoms with E-state index in [4.69, 9.17) is 11.6 Å². The predicted octanol–water partition coefficient (Wildman–Crippen LogP) is 3.99. The van der Waals surface area contributed by atoms with Crippen LogP contribution in [0, 0.1) is 10.1 Å². The van der Waals surface area contributed by atoms with Crippen LogP contribution in [0.5, 0.6) is 0 Å². The van der Waals surface area contributed by atoms with Crippen LogP contribution >= 0.6 is 22.9 Å². The second-order valence-electron chi connectivity index (χ2n) is 6.22. The molecule has 0 N–H and O–H groups in total. The summed E-state index contributed by atoms with van der Waals surface area (Å²) in [6, 6.07) is 7.01. The number of benzene rings is 1. The number of ketones is 1. The minimum Gasteiger partial charge on any atom is -0.383 e. The van der Waals surface area contributed by atoms with E-state index >= 15 is 0 Å². The van der Waals surface area contributed by atoms with Crippen LogP contribution in [0.25, 0.3) is 0 Å². The summed E-state index contributed by atoms with van der Waals surface area (Å²) in [5.41, 5.74) is 1.29. The molecule has 0 unspecified atom stereocenters. The van der Waals surface area contributed by atoms with Gasteiger partial charge in [-0.2, -0.15) is 0 Å². The highest BCUT2D eigenvalue weighted by Gasteiger charge is 2.31. The summed E-state index contributed by atoms with van der Waals surface area (Å²) in [6.07, 6.45) is 2.15. The van der Waals surface area contributed by atoms with Crippen molar-refractivity contribution in [3.8, 4) is 0 Å². The Morgan fingerprint density at radius 1 is 1.33 bits per heavy atom. The van der Waals surface area contributed by atoms with Crippen molar-refractivity contribution in [3.05, 3.63) is 67.0 Å². The van der Waals surface area contributed by atoms with E-state index in [1.165, 1.54) is 29.2 Å². The first-order valence-corrected chi connectivity index (χ1v) is 9.25. The highest BCUT2D eigenvalue weighted by Crippen LogP contribution is 2.38. The second kappa shape index (κ2) is 7.50. The van der Waals surface area contributed by atoms with Gasteiger partial charge in [-0.1, -0.05) is 11.6 Å². The smallest absolute Gasteiger partial charge is 0.269 e. The Bertz CT molecular complexity index is 950. The number of carbonyl (C=O) groups excluding carboxylic acids is 2. The summed E-state index contributed by atoms with van der Waals surface area (Å²) >= 11 is 7.26. The minimum atomic E-state index is -0.520. The van der Waals surface area contributed by atoms with E-state index in [0.717, 1.165) is 11.3 Å². The van der Waals surface area contributed by atoms with Gasteiger partial charge in [-0.25, -0.2) is 0 Å². The molecule has 2 aromatic rings. The molecule has 0 bridgehead atoms. The maximum absolute atomic E-state index is 13.0. The van der Waals surface area contributed by atoms with Gasteiger partial charge in [0, 0.05) is 50.1 Å². The fourth-order valence-corrected chi connectivity index (χ4v) is 4.05. The molecular formula is C18H16ClN3O4S. The highest BCUT2D eigenvalue weighted by molar-refractivity contribution is 7.18. The van der Waals surface area contributed by atoms with Crippen molar-refractivity contribution in [1.82, 2.24) is 4.90 Å². The maximum Gasteiger partial charge on any atom is 0.269 e. The topological polar surface area (TPSA) is 83.8 Å². The van der Waals surface area contributed by atoms with Crippen molar-refractivity contribution in [2.75, 3.05) is 25.5 Å². The van der Waals surface area contributed by atoms with Crippen molar-refractivity contribution >= 4 is 46.0 Å². The molecule has 2 heterocycles. The molecule has 1 aromatic heterocycles. The summed E-state index contributed by atoms with van der Waals surface area (Å²) in [5, 5.41) is 10.8. The van der Waals surface area contributed by atoms with E-state index < -0.39 is 4.92 Å². The first kappa shape index (κ1) is 19.1. The molecule has 1 aliphatic rings. The van der Waals surface area contributed by atoms with Gasteiger partial charge in [0.25, 0.3) is 11.6 Å². The zero-order chi connectivity index (χ0) is 19.7. The average Bonchev–Trinajstić information content (AvgIpc) is 2.96. The fraction of sp³-hybridized carbons (Fsp3) is 0.222. The van der Waals surface area contributed by atoms with Gasteiger partial charge in [-0.05, 0) is 24.6 Å². The normalized spacial score (nSPS) is 15.4. The van der Waals surface area contributed by atoms with Crippen molar-refractivity contribution in [2.24, 2.45) is 0 Å². The minimum absolute atomic E-state index is 0.0898. The molecule has 1 amide bonds. The molecule has 7 nitrogen and oxygen atoms in total. The highest BCUT2D eigenvalue weighted by atomic mass is 35.5. The number of rotatable bonds is 3. The summed E-state index contributed by atoms with van der Waals surface area (Å²) < 4.78 is 0.418. The quantitative estimate of drug-likeness (QED) is 0.438. The molecular weight excluding hydrogens is 390 g/mol. The number of nitrogens with zero attached hydrogens (tertiary/aromatic N) is 3. The first-order valence-electron chi connectivity index (χ1n) is 8.05. The number of non-ortho nitro benzene ring substituents is 1. The second-order valence-corrected chi connectivity index (χ2v) is 7.91. The summed E-state index contributed by atoms with van der Waals surface area (Å²) in [7, 11) is 3.65. The van der Waals surface area contributed by atoms with Crippen molar-refractivity contribution in [1.29, 1.82) is 0 Å². The predicted molar refractivity (Wildman–Crippen MR) is 105 cm³/mol. The van der Waals surface area contributed by atoms with Crippen molar-refractivity contribution in [3.63, 3.8) is 0 Å². The van der Waals surface area contributed by atoms with E-state index in [1.54, 1.807) is 17.2 Å². The Kier molecular flexibility index (Phi) is 5.29. The Balaban J connectivity index is 2.00. The zero-order valence-corrected chi connectivity index (χ0v) is 16.2. The Morgan fingerprint density at radius 2 is 2.00 bits per heavy atom. The molecule has 0 radical (unpaired) electrons. The molecule has 0 fully saturated rings. The number of amides is 1. The molecule has 1 aliphatic heterocycles. The van der Waals surface area contributed by atoms with Crippen molar-refractivity contribution < 1.29 is 14.5 Å². The van der Waals surface area contributed by atoms with Crippen LogP contribution in [0.3, 0.4) is 0 Å². The van der Waals surface area contributed by atoms with E-state index in [0.29, 0.717) is 39.0 Å². The van der Waals surface area contributed by atoms with Crippen LogP contribution in [-0.2, 0) is 0 Å². The lowest BCUT2D eigenvalue weighted by molar-refractivity contribution is -0.384. The largest absolute Gasteiger partial charge is 0.383 e. The lowest BCUT2D eigenvalue weighted by Crippen LogP contribution is -2.31. The summed E-state index contributed by atoms with van der Waals surface area (Å²) in [5.74, 6) is -0.478. The number of thiophene rings is 1. The summed E-state index contributed by atoms with van der Waals surface area (Å²) in [4.78, 5) is 39.9. The Labute approximate surface area is 164 Å². The SMILES string of the molecule is CN(C)C=C1CCN(C(=O)c2ccc([N+](=O)[O-])cc2)c2cc(Cl)sc2C1=O. The van der Waals surface area contributed by atoms with Gasteiger partial charge in [0.2, 0.25) is 5.78 Å². The molecule has 3 rings (SSSR count). The van der Waals surface area contributed by atoms with Crippen LogP contribution in [0.4, 0.5) is 11.4 Å². The van der Waals surface area contributed by atoms with E-state index in [1.807, 2.05) is 14.1 Å². The first-order chi connectivity index (χ1) is 12.8. The number of hydrogen-bond acceptors (Lipinski definition) is 6. The van der Waals surface area contributed by atoms with Crippen LogP contribution < -0.4 is 4.90 Å². The number of Topliss-reactive ketones (excluding diaryl/α,β-unsaturated/α-hetero) is 1. The van der Waals surface area contributed by atoms with Gasteiger partial charge in [0.15, 0.2) is 0 Å². The Morgan fingerprint density at radius 3 is 2.59 bits per heavy atom. The standard InChI is InChI=1S/C18H16ClN3O4S/c1-20(2)10-12-7-8-21(14-9-15(19)27-17(14)16(12)23)18(24)11-3-5-13(6-4-11)22(25)26/h3-6,9-10H,7-8H2,1-2H3. The van der Waals surface area contributed by atoms with Gasteiger partial charge >= 0.3 is 0 Å². The number of fused-ring (bicyclic) bond motifs is 1. The lowest BCUT2D eigenvalue weighted by atomic mass is 10.1. The average molecular weight is 406 g/mol. The molecule has 0 saturated heterocycles. The van der Waals surface area contributed by atoms with Gasteiger partial charge < -0.3 is 9.80 Å².